The molecule has 0 aromatic rings. The van der Waals surface area contributed by atoms with Crippen LogP contribution in [0.3, 0.4) is 0 Å². The molecule has 0 amide bonds. The maximum atomic E-state index is 11.6. The third-order valence-electron chi connectivity index (χ3n) is 3.36. The van der Waals surface area contributed by atoms with Crippen LogP contribution in [-0.4, -0.2) is 30.3 Å². The van der Waals surface area contributed by atoms with Crippen LogP contribution in [0, 0.1) is 5.92 Å². The van der Waals surface area contributed by atoms with Gasteiger partial charge in [-0.3, -0.25) is 4.79 Å². The van der Waals surface area contributed by atoms with Crippen molar-refractivity contribution in [2.45, 2.75) is 38.5 Å². The van der Waals surface area contributed by atoms with Gasteiger partial charge < -0.3 is 4.90 Å². The first-order valence-electron chi connectivity index (χ1n) is 5.61. The Labute approximate surface area is 80.3 Å². The standard InChI is InChI=1S/C11H19NO/c13-11-6-2-1-5-10(11)9-12-7-3-4-8-12/h10H,1-9H2/t10-/m1/s1. The van der Waals surface area contributed by atoms with E-state index in [1.165, 1.54) is 32.4 Å². The van der Waals surface area contributed by atoms with Gasteiger partial charge in [-0.2, -0.15) is 0 Å². The number of likely N-dealkylation sites (tertiary alicyclic amines) is 1. The highest BCUT2D eigenvalue weighted by Crippen LogP contribution is 2.22. The summed E-state index contributed by atoms with van der Waals surface area (Å²) in [6.45, 7) is 3.51. The third kappa shape index (κ3) is 2.31. The lowest BCUT2D eigenvalue weighted by atomic mass is 9.88. The molecule has 0 unspecified atom stereocenters. The summed E-state index contributed by atoms with van der Waals surface area (Å²) >= 11 is 0. The Morgan fingerprint density at radius 1 is 1.15 bits per heavy atom. The molecular weight excluding hydrogens is 162 g/mol. The quantitative estimate of drug-likeness (QED) is 0.648. The minimum atomic E-state index is 0.381. The molecule has 74 valence electrons. The zero-order chi connectivity index (χ0) is 9.10. The van der Waals surface area contributed by atoms with Gasteiger partial charge in [0.1, 0.15) is 5.78 Å². The van der Waals surface area contributed by atoms with Gasteiger partial charge in [-0.05, 0) is 38.8 Å². The van der Waals surface area contributed by atoms with E-state index < -0.39 is 0 Å². The Hall–Kier alpha value is -0.370. The van der Waals surface area contributed by atoms with Crippen molar-refractivity contribution in [3.05, 3.63) is 0 Å². The molecule has 2 rings (SSSR count). The molecule has 0 N–H and O–H groups in total. The van der Waals surface area contributed by atoms with Crippen LogP contribution in [0.25, 0.3) is 0 Å². The van der Waals surface area contributed by atoms with Crippen LogP contribution in [0.5, 0.6) is 0 Å². The number of carbonyl (C=O) groups excluding carboxylic acids is 1. The maximum Gasteiger partial charge on any atom is 0.137 e. The van der Waals surface area contributed by atoms with Gasteiger partial charge in [-0.25, -0.2) is 0 Å². The topological polar surface area (TPSA) is 20.3 Å². The summed E-state index contributed by atoms with van der Waals surface area (Å²) in [4.78, 5) is 14.0. The van der Waals surface area contributed by atoms with Crippen molar-refractivity contribution in [3.63, 3.8) is 0 Å². The van der Waals surface area contributed by atoms with E-state index in [0.717, 1.165) is 25.8 Å². The van der Waals surface area contributed by atoms with Crippen molar-refractivity contribution in [2.75, 3.05) is 19.6 Å². The van der Waals surface area contributed by atoms with Gasteiger partial charge in [0.05, 0.1) is 0 Å². The van der Waals surface area contributed by atoms with Gasteiger partial charge in [-0.15, -0.1) is 0 Å². The second-order valence-electron chi connectivity index (χ2n) is 4.42. The number of hydrogen-bond acceptors (Lipinski definition) is 2. The highest BCUT2D eigenvalue weighted by atomic mass is 16.1. The Balaban J connectivity index is 1.81. The van der Waals surface area contributed by atoms with Crippen LogP contribution in [0.1, 0.15) is 38.5 Å². The smallest absolute Gasteiger partial charge is 0.137 e. The van der Waals surface area contributed by atoms with Crippen LogP contribution < -0.4 is 0 Å². The minimum absolute atomic E-state index is 0.381. The lowest BCUT2D eigenvalue weighted by molar-refractivity contribution is -0.125. The average molecular weight is 181 g/mol. The molecule has 1 saturated carbocycles. The van der Waals surface area contributed by atoms with Crippen molar-refractivity contribution >= 4 is 5.78 Å². The first-order chi connectivity index (χ1) is 6.36. The summed E-state index contributed by atoms with van der Waals surface area (Å²) in [5.41, 5.74) is 0. The molecule has 1 saturated heterocycles. The summed E-state index contributed by atoms with van der Waals surface area (Å²) in [5.74, 6) is 0.907. The van der Waals surface area contributed by atoms with Gasteiger partial charge in [-0.1, -0.05) is 6.42 Å². The van der Waals surface area contributed by atoms with E-state index >= 15 is 0 Å². The SMILES string of the molecule is O=C1CCCC[C@@H]1CN1CCCC1. The zero-order valence-corrected chi connectivity index (χ0v) is 8.30. The van der Waals surface area contributed by atoms with Crippen LogP contribution in [0.15, 0.2) is 0 Å². The molecule has 2 fully saturated rings. The van der Waals surface area contributed by atoms with E-state index in [2.05, 4.69) is 4.90 Å². The number of nitrogens with zero attached hydrogens (tertiary/aromatic N) is 1. The number of Topliss-reactive ketones (excluding diaryl/α,β-unsaturated/α-hetero) is 1. The minimum Gasteiger partial charge on any atom is -0.303 e. The number of rotatable bonds is 2. The summed E-state index contributed by atoms with van der Waals surface area (Å²) in [6.07, 6.45) is 7.06. The van der Waals surface area contributed by atoms with E-state index in [-0.39, 0.29) is 0 Å². The molecule has 1 heterocycles. The van der Waals surface area contributed by atoms with E-state index in [0.29, 0.717) is 11.7 Å². The van der Waals surface area contributed by atoms with Crippen molar-refractivity contribution in [1.29, 1.82) is 0 Å². The van der Waals surface area contributed by atoms with Crippen molar-refractivity contribution in [2.24, 2.45) is 5.92 Å². The Kier molecular flexibility index (Phi) is 2.99. The predicted molar refractivity (Wildman–Crippen MR) is 52.6 cm³/mol. The highest BCUT2D eigenvalue weighted by Gasteiger charge is 2.25. The van der Waals surface area contributed by atoms with Gasteiger partial charge >= 0.3 is 0 Å². The first-order valence-corrected chi connectivity index (χ1v) is 5.61. The summed E-state index contributed by atoms with van der Waals surface area (Å²) in [6, 6.07) is 0. The van der Waals surface area contributed by atoms with E-state index in [1.807, 2.05) is 0 Å². The lowest BCUT2D eigenvalue weighted by Crippen LogP contribution is -2.32. The molecule has 1 aliphatic heterocycles. The molecule has 1 atom stereocenters. The number of hydrogen-bond donors (Lipinski definition) is 0. The van der Waals surface area contributed by atoms with Crippen molar-refractivity contribution < 1.29 is 4.79 Å². The Bertz CT molecular complexity index is 185. The van der Waals surface area contributed by atoms with E-state index in [9.17, 15) is 4.79 Å². The van der Waals surface area contributed by atoms with Crippen molar-refractivity contribution in [1.82, 2.24) is 4.90 Å². The molecule has 13 heavy (non-hydrogen) atoms. The highest BCUT2D eigenvalue weighted by molar-refractivity contribution is 5.81. The largest absolute Gasteiger partial charge is 0.303 e. The Morgan fingerprint density at radius 3 is 2.62 bits per heavy atom. The normalized spacial score (nSPS) is 31.1. The summed E-state index contributed by atoms with van der Waals surface area (Å²) in [7, 11) is 0. The summed E-state index contributed by atoms with van der Waals surface area (Å²) in [5, 5.41) is 0. The van der Waals surface area contributed by atoms with Crippen LogP contribution in [-0.2, 0) is 4.79 Å². The van der Waals surface area contributed by atoms with E-state index in [1.54, 1.807) is 0 Å². The molecule has 0 aromatic heterocycles. The van der Waals surface area contributed by atoms with Crippen LogP contribution in [0.2, 0.25) is 0 Å². The maximum absolute atomic E-state index is 11.6. The molecular formula is C11H19NO. The molecule has 0 spiro atoms. The predicted octanol–water partition coefficient (Wildman–Crippen LogP) is 1.84. The third-order valence-corrected chi connectivity index (χ3v) is 3.36. The number of ketones is 1. The second-order valence-corrected chi connectivity index (χ2v) is 4.42. The van der Waals surface area contributed by atoms with Gasteiger partial charge in [0, 0.05) is 18.9 Å². The molecule has 1 aliphatic carbocycles. The van der Waals surface area contributed by atoms with E-state index in [4.69, 9.17) is 0 Å². The summed E-state index contributed by atoms with van der Waals surface area (Å²) < 4.78 is 0. The molecule has 2 nitrogen and oxygen atoms in total. The fourth-order valence-corrected chi connectivity index (χ4v) is 2.53. The van der Waals surface area contributed by atoms with Gasteiger partial charge in [0.2, 0.25) is 0 Å². The number of carbonyl (C=O) groups is 1. The van der Waals surface area contributed by atoms with Crippen LogP contribution in [0.4, 0.5) is 0 Å². The molecule has 0 aromatic carbocycles. The molecule has 0 bridgehead atoms. The molecule has 2 heteroatoms. The molecule has 0 radical (unpaired) electrons. The first kappa shape index (κ1) is 9.20. The van der Waals surface area contributed by atoms with Gasteiger partial charge in [0.25, 0.3) is 0 Å². The lowest BCUT2D eigenvalue weighted by Gasteiger charge is -2.25. The zero-order valence-electron chi connectivity index (χ0n) is 8.30. The van der Waals surface area contributed by atoms with Gasteiger partial charge in [0.15, 0.2) is 0 Å². The fraction of sp³-hybridized carbons (Fsp3) is 0.909. The second kappa shape index (κ2) is 4.23. The Morgan fingerprint density at radius 2 is 1.92 bits per heavy atom. The monoisotopic (exact) mass is 181 g/mol. The van der Waals surface area contributed by atoms with Crippen LogP contribution >= 0.6 is 0 Å². The van der Waals surface area contributed by atoms with Crippen molar-refractivity contribution in [3.8, 4) is 0 Å². The molecule has 2 aliphatic rings. The fourth-order valence-electron chi connectivity index (χ4n) is 2.53. The average Bonchev–Trinajstić information content (AvgIpc) is 2.61.